The third-order valence-corrected chi connectivity index (χ3v) is 9.54. The summed E-state index contributed by atoms with van der Waals surface area (Å²) in [5.74, 6) is 0.482. The molecule has 1 saturated carbocycles. The number of amides is 3. The number of nitrogens with one attached hydrogen (secondary N) is 2. The maximum Gasteiger partial charge on any atom is 0.407 e. The lowest BCUT2D eigenvalue weighted by atomic mass is 9.74. The van der Waals surface area contributed by atoms with Gasteiger partial charge in [-0.15, -0.1) is 0 Å². The third kappa shape index (κ3) is 4.97. The van der Waals surface area contributed by atoms with Crippen molar-refractivity contribution in [1.82, 2.24) is 15.1 Å². The van der Waals surface area contributed by atoms with Gasteiger partial charge in [-0.2, -0.15) is 0 Å². The van der Waals surface area contributed by atoms with Gasteiger partial charge < -0.3 is 25.5 Å². The number of para-hydroxylation sites is 1. The Morgan fingerprint density at radius 3 is 2.33 bits per heavy atom. The summed E-state index contributed by atoms with van der Waals surface area (Å²) in [6.07, 6.45) is 5.38. The van der Waals surface area contributed by atoms with Crippen LogP contribution >= 0.6 is 0 Å². The molecule has 2 aromatic carbocycles. The van der Waals surface area contributed by atoms with E-state index in [1.807, 2.05) is 42.5 Å². The fraction of sp³-hybridized carbons (Fsp3) is 0.516. The van der Waals surface area contributed by atoms with Crippen LogP contribution in [0.25, 0.3) is 0 Å². The van der Waals surface area contributed by atoms with Gasteiger partial charge in [-0.05, 0) is 61.8 Å². The monoisotopic (exact) mass is 530 g/mol. The van der Waals surface area contributed by atoms with Crippen molar-refractivity contribution in [3.05, 3.63) is 65.7 Å². The molecule has 3 heterocycles. The molecule has 2 aromatic rings. The number of carboxylic acid groups (broad SMARTS) is 1. The molecule has 1 aliphatic carbocycles. The van der Waals surface area contributed by atoms with E-state index < -0.39 is 6.09 Å². The van der Waals surface area contributed by atoms with Crippen LogP contribution in [0.2, 0.25) is 0 Å². The van der Waals surface area contributed by atoms with E-state index in [9.17, 15) is 19.5 Å². The molecule has 3 N–H and O–H groups in total. The van der Waals surface area contributed by atoms with E-state index in [1.165, 1.54) is 10.5 Å². The van der Waals surface area contributed by atoms with Crippen LogP contribution in [0.4, 0.5) is 10.5 Å². The molecule has 3 amide bonds. The van der Waals surface area contributed by atoms with Gasteiger partial charge in [0.15, 0.2) is 0 Å². The Morgan fingerprint density at radius 1 is 0.846 bits per heavy atom. The third-order valence-electron chi connectivity index (χ3n) is 9.54. The highest BCUT2D eigenvalue weighted by Gasteiger charge is 2.50. The van der Waals surface area contributed by atoms with Gasteiger partial charge in [-0.3, -0.25) is 9.59 Å². The average Bonchev–Trinajstić information content (AvgIpc) is 3.43. The number of rotatable bonds is 4. The molecule has 4 aliphatic rings. The van der Waals surface area contributed by atoms with E-state index in [-0.39, 0.29) is 41.8 Å². The van der Waals surface area contributed by atoms with E-state index in [1.54, 1.807) is 0 Å². The summed E-state index contributed by atoms with van der Waals surface area (Å²) < 4.78 is 0. The number of hydrogen-bond donors (Lipinski definition) is 3. The van der Waals surface area contributed by atoms with Crippen molar-refractivity contribution in [2.24, 2.45) is 17.8 Å². The number of benzene rings is 2. The van der Waals surface area contributed by atoms with Crippen molar-refractivity contribution >= 4 is 23.6 Å². The summed E-state index contributed by atoms with van der Waals surface area (Å²) in [7, 11) is 0. The second-order valence-corrected chi connectivity index (χ2v) is 11.6. The van der Waals surface area contributed by atoms with Crippen LogP contribution in [-0.4, -0.2) is 64.5 Å². The zero-order chi connectivity index (χ0) is 26.9. The number of carbonyl (C=O) groups is 3. The maximum absolute atomic E-state index is 14.3. The molecule has 8 heteroatoms. The minimum absolute atomic E-state index is 0.00450. The summed E-state index contributed by atoms with van der Waals surface area (Å²) in [6, 6.07) is 17.6. The lowest BCUT2D eigenvalue weighted by Crippen LogP contribution is -2.51. The van der Waals surface area contributed by atoms with Crippen LogP contribution in [0.5, 0.6) is 0 Å². The Morgan fingerprint density at radius 2 is 1.56 bits per heavy atom. The molecular weight excluding hydrogens is 492 g/mol. The molecule has 0 aromatic heterocycles. The van der Waals surface area contributed by atoms with Crippen LogP contribution in [0, 0.1) is 17.8 Å². The first kappa shape index (κ1) is 25.7. The van der Waals surface area contributed by atoms with Crippen molar-refractivity contribution in [1.29, 1.82) is 0 Å². The largest absolute Gasteiger partial charge is 0.465 e. The summed E-state index contributed by atoms with van der Waals surface area (Å²) in [4.78, 5) is 42.4. The van der Waals surface area contributed by atoms with E-state index in [0.717, 1.165) is 50.6 Å². The van der Waals surface area contributed by atoms with Gasteiger partial charge in [-0.1, -0.05) is 49.2 Å². The number of piperidine rings is 1. The van der Waals surface area contributed by atoms with Gasteiger partial charge >= 0.3 is 6.09 Å². The highest BCUT2D eigenvalue weighted by Crippen LogP contribution is 2.50. The van der Waals surface area contributed by atoms with Crippen LogP contribution in [0.3, 0.4) is 0 Å². The molecule has 3 aliphatic heterocycles. The molecule has 0 spiro atoms. The Balaban J connectivity index is 1.23. The first-order valence-electron chi connectivity index (χ1n) is 14.5. The highest BCUT2D eigenvalue weighted by atomic mass is 16.4. The summed E-state index contributed by atoms with van der Waals surface area (Å²) in [5.41, 5.74) is 2.88. The van der Waals surface area contributed by atoms with Crippen LogP contribution in [-0.2, 0) is 4.79 Å². The van der Waals surface area contributed by atoms with Gasteiger partial charge in [0.1, 0.15) is 0 Å². The minimum atomic E-state index is -0.840. The van der Waals surface area contributed by atoms with Crippen molar-refractivity contribution in [2.75, 3.05) is 25.0 Å². The standard InChI is InChI=1S/C31H38N4O4/c36-29(21-8-2-1-3-9-21)33-26-13-7-5-11-23(26)30(37)35-19-16-24-27(20-14-17-34(18-15-20)31(38)39)32-25-12-6-4-10-22(25)28(24)35/h1-4,6,8-10,12,20,23-24,26-28,32H,5,7,11,13-19H2,(H,33,36)(H,38,39)/t23-,24+,26+,27-,28-/m0/s1. The lowest BCUT2D eigenvalue weighted by Gasteiger charge is -2.45. The second kappa shape index (κ2) is 10.9. The van der Waals surface area contributed by atoms with Crippen molar-refractivity contribution in [2.45, 2.75) is 63.1 Å². The van der Waals surface area contributed by atoms with Gasteiger partial charge in [0.05, 0.1) is 12.0 Å². The topological polar surface area (TPSA) is 102 Å². The Labute approximate surface area is 229 Å². The predicted molar refractivity (Wildman–Crippen MR) is 148 cm³/mol. The first-order valence-corrected chi connectivity index (χ1v) is 14.5. The fourth-order valence-corrected chi connectivity index (χ4v) is 7.58. The number of carbonyl (C=O) groups excluding carboxylic acids is 2. The van der Waals surface area contributed by atoms with E-state index in [0.29, 0.717) is 31.1 Å². The fourth-order valence-electron chi connectivity index (χ4n) is 7.58. The number of anilines is 1. The van der Waals surface area contributed by atoms with E-state index in [4.69, 9.17) is 0 Å². The molecule has 39 heavy (non-hydrogen) atoms. The van der Waals surface area contributed by atoms with Gasteiger partial charge in [0, 0.05) is 48.9 Å². The minimum Gasteiger partial charge on any atom is -0.465 e. The average molecular weight is 531 g/mol. The first-order chi connectivity index (χ1) is 19.0. The van der Waals surface area contributed by atoms with Crippen molar-refractivity contribution in [3.63, 3.8) is 0 Å². The zero-order valence-electron chi connectivity index (χ0n) is 22.3. The maximum atomic E-state index is 14.3. The van der Waals surface area contributed by atoms with Crippen LogP contribution in [0.15, 0.2) is 54.6 Å². The summed E-state index contributed by atoms with van der Waals surface area (Å²) in [6.45, 7) is 1.83. The van der Waals surface area contributed by atoms with Crippen molar-refractivity contribution in [3.8, 4) is 0 Å². The second-order valence-electron chi connectivity index (χ2n) is 11.6. The molecular formula is C31H38N4O4. The molecule has 5 atom stereocenters. The summed E-state index contributed by atoms with van der Waals surface area (Å²) >= 11 is 0. The Kier molecular flexibility index (Phi) is 7.19. The van der Waals surface area contributed by atoms with E-state index in [2.05, 4.69) is 27.7 Å². The van der Waals surface area contributed by atoms with Crippen molar-refractivity contribution < 1.29 is 19.5 Å². The summed E-state index contributed by atoms with van der Waals surface area (Å²) in [5, 5.41) is 16.4. The molecule has 6 rings (SSSR count). The molecule has 8 nitrogen and oxygen atoms in total. The number of hydrogen-bond acceptors (Lipinski definition) is 4. The molecule has 0 bridgehead atoms. The Bertz CT molecular complexity index is 1210. The molecule has 3 fully saturated rings. The quantitative estimate of drug-likeness (QED) is 0.530. The number of fused-ring (bicyclic) bond motifs is 3. The smallest absolute Gasteiger partial charge is 0.407 e. The zero-order valence-corrected chi connectivity index (χ0v) is 22.3. The number of likely N-dealkylation sites (tertiary alicyclic amines) is 2. The molecule has 0 unspecified atom stereocenters. The van der Waals surface area contributed by atoms with Gasteiger partial charge in [-0.25, -0.2) is 4.79 Å². The highest BCUT2D eigenvalue weighted by molar-refractivity contribution is 5.95. The lowest BCUT2D eigenvalue weighted by molar-refractivity contribution is -0.139. The Hall–Kier alpha value is -3.55. The van der Waals surface area contributed by atoms with Crippen LogP contribution in [0.1, 0.15) is 66.9 Å². The normalized spacial score (nSPS) is 28.7. The van der Waals surface area contributed by atoms with E-state index >= 15 is 0 Å². The SMILES string of the molecule is O=C(N[C@@H]1CCCC[C@@H]1C(=O)N1CC[C@@H]2[C@H](C3CCN(C(=O)O)CC3)Nc3ccccc3[C@@H]21)c1ccccc1. The number of nitrogens with zero attached hydrogens (tertiary/aromatic N) is 2. The molecule has 0 radical (unpaired) electrons. The molecule has 206 valence electrons. The predicted octanol–water partition coefficient (Wildman–Crippen LogP) is 4.75. The van der Waals surface area contributed by atoms with Gasteiger partial charge in [0.25, 0.3) is 5.91 Å². The van der Waals surface area contributed by atoms with Gasteiger partial charge in [0.2, 0.25) is 5.91 Å². The molecule has 2 saturated heterocycles. The van der Waals surface area contributed by atoms with Crippen LogP contribution < -0.4 is 10.6 Å².